The van der Waals surface area contributed by atoms with Crippen LogP contribution in [0.15, 0.2) is 0 Å². The maximum absolute atomic E-state index is 9.79. The fourth-order valence-corrected chi connectivity index (χ4v) is 0.629. The molecule has 9 heavy (non-hydrogen) atoms. The van der Waals surface area contributed by atoms with Crippen molar-refractivity contribution in [1.29, 1.82) is 0 Å². The Morgan fingerprint density at radius 2 is 2.11 bits per heavy atom. The van der Waals surface area contributed by atoms with Gasteiger partial charge >= 0.3 is 0 Å². The van der Waals surface area contributed by atoms with E-state index in [1.165, 1.54) is 0 Å². The maximum Gasteiger partial charge on any atom is 0.203 e. The monoisotopic (exact) mass is 131 g/mol. The molecule has 0 amide bonds. The van der Waals surface area contributed by atoms with Crippen LogP contribution in [0.25, 0.3) is 0 Å². The van der Waals surface area contributed by atoms with Crippen LogP contribution in [0.4, 0.5) is 0 Å². The van der Waals surface area contributed by atoms with E-state index >= 15 is 0 Å². The first-order valence-electron chi connectivity index (χ1n) is 3.24. The highest BCUT2D eigenvalue weighted by atomic mass is 16.6. The Labute approximate surface area is 55.2 Å². The van der Waals surface area contributed by atoms with Crippen molar-refractivity contribution < 1.29 is 4.92 Å². The highest BCUT2D eigenvalue weighted by molar-refractivity contribution is 4.43. The Morgan fingerprint density at radius 1 is 1.56 bits per heavy atom. The summed E-state index contributed by atoms with van der Waals surface area (Å²) in [6.45, 7) is 4.26. The van der Waals surface area contributed by atoms with Crippen molar-refractivity contribution in [3.8, 4) is 0 Å². The molecular formula is C6H13NO2. The van der Waals surface area contributed by atoms with Gasteiger partial charge in [-0.05, 0) is 12.3 Å². The highest BCUT2D eigenvalue weighted by Gasteiger charge is 1.98. The first kappa shape index (κ1) is 8.40. The fourth-order valence-electron chi connectivity index (χ4n) is 0.629. The van der Waals surface area contributed by atoms with Gasteiger partial charge in [-0.2, -0.15) is 0 Å². The molecule has 0 heterocycles. The van der Waals surface area contributed by atoms with Crippen molar-refractivity contribution in [2.45, 2.75) is 26.7 Å². The zero-order valence-electron chi connectivity index (χ0n) is 5.96. The predicted molar refractivity (Wildman–Crippen MR) is 35.9 cm³/mol. The Hall–Kier alpha value is -0.600. The van der Waals surface area contributed by atoms with Gasteiger partial charge < -0.3 is 0 Å². The van der Waals surface area contributed by atoms with Crippen LogP contribution in [0, 0.1) is 16.0 Å². The van der Waals surface area contributed by atoms with Gasteiger partial charge in [0.25, 0.3) is 0 Å². The minimum absolute atomic E-state index is 0.123. The second-order valence-corrected chi connectivity index (χ2v) is 2.59. The van der Waals surface area contributed by atoms with Gasteiger partial charge in [0.2, 0.25) is 6.54 Å². The van der Waals surface area contributed by atoms with Crippen molar-refractivity contribution >= 4 is 0 Å². The van der Waals surface area contributed by atoms with E-state index in [-0.39, 0.29) is 11.5 Å². The van der Waals surface area contributed by atoms with E-state index in [1.54, 1.807) is 0 Å². The molecule has 3 nitrogen and oxygen atoms in total. The minimum Gasteiger partial charge on any atom is -0.265 e. The molecule has 0 atom stereocenters. The lowest BCUT2D eigenvalue weighted by molar-refractivity contribution is -0.480. The standard InChI is InChI=1S/C6H13NO2/c1-6(2)4-3-5-7(8)9/h6H,3-5H2,1-2H3. The summed E-state index contributed by atoms with van der Waals surface area (Å²) in [5, 5.41) is 9.79. The van der Waals surface area contributed by atoms with E-state index in [1.807, 2.05) is 0 Å². The summed E-state index contributed by atoms with van der Waals surface area (Å²) in [5.41, 5.74) is 0. The summed E-state index contributed by atoms with van der Waals surface area (Å²) >= 11 is 0. The quantitative estimate of drug-likeness (QED) is 0.430. The molecule has 0 saturated heterocycles. The molecule has 0 spiro atoms. The summed E-state index contributed by atoms with van der Waals surface area (Å²) in [5.74, 6) is 0.588. The molecule has 54 valence electrons. The van der Waals surface area contributed by atoms with Crippen molar-refractivity contribution in [2.75, 3.05) is 6.54 Å². The van der Waals surface area contributed by atoms with Crippen LogP contribution in [-0.4, -0.2) is 11.5 Å². The summed E-state index contributed by atoms with van der Waals surface area (Å²) in [7, 11) is 0. The molecule has 3 heteroatoms. The Morgan fingerprint density at radius 3 is 2.44 bits per heavy atom. The average Bonchev–Trinajstić information content (AvgIpc) is 1.63. The largest absolute Gasteiger partial charge is 0.265 e. The Balaban J connectivity index is 3.01. The summed E-state index contributed by atoms with van der Waals surface area (Å²) in [6.07, 6.45) is 1.67. The molecule has 0 aliphatic rings. The second kappa shape index (κ2) is 4.30. The lowest BCUT2D eigenvalue weighted by Crippen LogP contribution is -2.01. The number of hydrogen-bond donors (Lipinski definition) is 0. The van der Waals surface area contributed by atoms with E-state index < -0.39 is 0 Å². The van der Waals surface area contributed by atoms with Gasteiger partial charge in [-0.3, -0.25) is 10.1 Å². The summed E-state index contributed by atoms with van der Waals surface area (Å²) in [4.78, 5) is 9.52. The third kappa shape index (κ3) is 7.40. The van der Waals surface area contributed by atoms with E-state index in [4.69, 9.17) is 0 Å². The Bertz CT molecular complexity index is 91.1. The molecule has 0 radical (unpaired) electrons. The first-order chi connectivity index (χ1) is 4.13. The van der Waals surface area contributed by atoms with Crippen LogP contribution < -0.4 is 0 Å². The smallest absolute Gasteiger partial charge is 0.203 e. The van der Waals surface area contributed by atoms with Gasteiger partial charge in [-0.25, -0.2) is 0 Å². The molecule has 0 rings (SSSR count). The summed E-state index contributed by atoms with van der Waals surface area (Å²) < 4.78 is 0. The number of hydrogen-bond acceptors (Lipinski definition) is 2. The Kier molecular flexibility index (Phi) is 4.01. The van der Waals surface area contributed by atoms with Crippen molar-refractivity contribution in [2.24, 2.45) is 5.92 Å². The van der Waals surface area contributed by atoms with Crippen LogP contribution in [0.1, 0.15) is 26.7 Å². The van der Waals surface area contributed by atoms with E-state index in [2.05, 4.69) is 13.8 Å². The number of nitrogens with zero attached hydrogens (tertiary/aromatic N) is 1. The van der Waals surface area contributed by atoms with Crippen LogP contribution in [0.5, 0.6) is 0 Å². The third-order valence-corrected chi connectivity index (χ3v) is 1.12. The third-order valence-electron chi connectivity index (χ3n) is 1.12. The molecule has 0 aromatic rings. The minimum atomic E-state index is -0.262. The van der Waals surface area contributed by atoms with Gasteiger partial charge in [0.15, 0.2) is 0 Å². The average molecular weight is 131 g/mol. The lowest BCUT2D eigenvalue weighted by atomic mass is 10.1. The SMILES string of the molecule is CC(C)CCC[N+](=O)[O-]. The molecule has 0 aromatic carbocycles. The molecule has 0 saturated carbocycles. The molecule has 0 bridgehead atoms. The first-order valence-corrected chi connectivity index (χ1v) is 3.24. The van der Waals surface area contributed by atoms with E-state index in [9.17, 15) is 10.1 Å². The molecule has 0 aliphatic carbocycles. The molecule has 0 unspecified atom stereocenters. The normalized spacial score (nSPS) is 10.1. The van der Waals surface area contributed by atoms with E-state index in [0.717, 1.165) is 6.42 Å². The number of nitro groups is 1. The van der Waals surface area contributed by atoms with Crippen LogP contribution in [-0.2, 0) is 0 Å². The zero-order chi connectivity index (χ0) is 7.28. The van der Waals surface area contributed by atoms with Crippen molar-refractivity contribution in [3.63, 3.8) is 0 Å². The lowest BCUT2D eigenvalue weighted by Gasteiger charge is -1.98. The van der Waals surface area contributed by atoms with Crippen LogP contribution in [0.3, 0.4) is 0 Å². The topological polar surface area (TPSA) is 43.1 Å². The van der Waals surface area contributed by atoms with Crippen LogP contribution >= 0.6 is 0 Å². The summed E-state index contributed by atoms with van der Waals surface area (Å²) in [6, 6.07) is 0. The van der Waals surface area contributed by atoms with Crippen LogP contribution in [0.2, 0.25) is 0 Å². The van der Waals surface area contributed by atoms with Gasteiger partial charge in [-0.15, -0.1) is 0 Å². The van der Waals surface area contributed by atoms with E-state index in [0.29, 0.717) is 12.3 Å². The fraction of sp³-hybridized carbons (Fsp3) is 1.00. The zero-order valence-corrected chi connectivity index (χ0v) is 5.96. The van der Waals surface area contributed by atoms with Gasteiger partial charge in [0.05, 0.1) is 0 Å². The van der Waals surface area contributed by atoms with Gasteiger partial charge in [-0.1, -0.05) is 13.8 Å². The molecular weight excluding hydrogens is 118 g/mol. The predicted octanol–water partition coefficient (Wildman–Crippen LogP) is 1.70. The molecule has 0 fully saturated rings. The van der Waals surface area contributed by atoms with Crippen molar-refractivity contribution in [3.05, 3.63) is 10.1 Å². The van der Waals surface area contributed by atoms with Gasteiger partial charge in [0, 0.05) is 11.3 Å². The number of rotatable bonds is 4. The highest BCUT2D eigenvalue weighted by Crippen LogP contribution is 2.02. The van der Waals surface area contributed by atoms with Gasteiger partial charge in [0.1, 0.15) is 0 Å². The second-order valence-electron chi connectivity index (χ2n) is 2.59. The van der Waals surface area contributed by atoms with Crippen molar-refractivity contribution in [1.82, 2.24) is 0 Å². The molecule has 0 aliphatic heterocycles. The maximum atomic E-state index is 9.79. The molecule has 0 aromatic heterocycles. The molecule has 0 N–H and O–H groups in total.